The molecule has 0 saturated heterocycles. The van der Waals surface area contributed by atoms with E-state index >= 15 is 0 Å². The smallest absolute Gasteiger partial charge is 0.145 e. The van der Waals surface area contributed by atoms with E-state index in [0.717, 1.165) is 17.7 Å². The third kappa shape index (κ3) is 1.86. The SMILES string of the molecule is CCc1cc(-c2cc(N)n[nH]2)ccc1C. The molecule has 0 unspecified atom stereocenters. The Morgan fingerprint density at radius 3 is 2.73 bits per heavy atom. The van der Waals surface area contributed by atoms with E-state index < -0.39 is 0 Å². The van der Waals surface area contributed by atoms with Crippen LogP contribution in [0.4, 0.5) is 5.82 Å². The number of nitrogens with one attached hydrogen (secondary N) is 1. The maximum Gasteiger partial charge on any atom is 0.145 e. The van der Waals surface area contributed by atoms with Crippen LogP contribution in [-0.2, 0) is 6.42 Å². The fraction of sp³-hybridized carbons (Fsp3) is 0.250. The van der Waals surface area contributed by atoms with Crippen LogP contribution in [0.3, 0.4) is 0 Å². The van der Waals surface area contributed by atoms with E-state index in [-0.39, 0.29) is 0 Å². The first kappa shape index (κ1) is 9.77. The summed E-state index contributed by atoms with van der Waals surface area (Å²) >= 11 is 0. The minimum absolute atomic E-state index is 0.531. The lowest BCUT2D eigenvalue weighted by Gasteiger charge is -2.05. The Morgan fingerprint density at radius 1 is 1.33 bits per heavy atom. The van der Waals surface area contributed by atoms with Gasteiger partial charge in [0, 0.05) is 6.07 Å². The first-order valence-electron chi connectivity index (χ1n) is 5.11. The number of H-pyrrole nitrogens is 1. The quantitative estimate of drug-likeness (QED) is 0.784. The van der Waals surface area contributed by atoms with Gasteiger partial charge in [-0.25, -0.2) is 0 Å². The van der Waals surface area contributed by atoms with Crippen molar-refractivity contribution in [3.63, 3.8) is 0 Å². The molecule has 0 aliphatic rings. The second-order valence-electron chi connectivity index (χ2n) is 3.70. The summed E-state index contributed by atoms with van der Waals surface area (Å²) in [7, 11) is 0. The third-order valence-corrected chi connectivity index (χ3v) is 2.64. The van der Waals surface area contributed by atoms with Crippen LogP contribution in [0.5, 0.6) is 0 Å². The minimum atomic E-state index is 0.531. The lowest BCUT2D eigenvalue weighted by Crippen LogP contribution is -1.87. The number of nitrogens with zero attached hydrogens (tertiary/aromatic N) is 1. The number of nitrogens with two attached hydrogens (primary N) is 1. The van der Waals surface area contributed by atoms with Gasteiger partial charge in [-0.05, 0) is 36.1 Å². The van der Waals surface area contributed by atoms with E-state index in [4.69, 9.17) is 5.73 Å². The van der Waals surface area contributed by atoms with Gasteiger partial charge in [0.15, 0.2) is 0 Å². The lowest BCUT2D eigenvalue weighted by atomic mass is 10.0. The highest BCUT2D eigenvalue weighted by atomic mass is 15.2. The zero-order valence-corrected chi connectivity index (χ0v) is 9.04. The van der Waals surface area contributed by atoms with Crippen LogP contribution in [0.25, 0.3) is 11.3 Å². The Morgan fingerprint density at radius 2 is 2.13 bits per heavy atom. The number of aromatic amines is 1. The van der Waals surface area contributed by atoms with Gasteiger partial charge < -0.3 is 5.73 Å². The molecule has 2 rings (SSSR count). The van der Waals surface area contributed by atoms with Crippen LogP contribution in [0, 0.1) is 6.92 Å². The van der Waals surface area contributed by atoms with Crippen LogP contribution in [0.15, 0.2) is 24.3 Å². The van der Waals surface area contributed by atoms with Gasteiger partial charge >= 0.3 is 0 Å². The van der Waals surface area contributed by atoms with Gasteiger partial charge in [-0.3, -0.25) is 5.10 Å². The summed E-state index contributed by atoms with van der Waals surface area (Å²) in [6, 6.07) is 8.25. The third-order valence-electron chi connectivity index (χ3n) is 2.64. The number of aryl methyl sites for hydroxylation is 2. The summed E-state index contributed by atoms with van der Waals surface area (Å²) in [6.45, 7) is 4.29. The Labute approximate surface area is 89.3 Å². The largest absolute Gasteiger partial charge is 0.382 e. The maximum atomic E-state index is 5.57. The van der Waals surface area contributed by atoms with Crippen LogP contribution >= 0.6 is 0 Å². The molecule has 0 saturated carbocycles. The molecule has 3 nitrogen and oxygen atoms in total. The number of hydrogen-bond acceptors (Lipinski definition) is 2. The van der Waals surface area contributed by atoms with E-state index in [1.807, 2.05) is 6.07 Å². The van der Waals surface area contributed by atoms with E-state index in [1.54, 1.807) is 0 Å². The average molecular weight is 201 g/mol. The number of rotatable bonds is 2. The molecule has 3 heteroatoms. The van der Waals surface area contributed by atoms with Gasteiger partial charge in [0.1, 0.15) is 5.82 Å². The molecule has 2 aromatic rings. The molecule has 0 aliphatic carbocycles. The van der Waals surface area contributed by atoms with Gasteiger partial charge in [0.05, 0.1) is 5.69 Å². The molecule has 3 N–H and O–H groups in total. The second-order valence-corrected chi connectivity index (χ2v) is 3.70. The monoisotopic (exact) mass is 201 g/mol. The van der Waals surface area contributed by atoms with Crippen LogP contribution in [0.2, 0.25) is 0 Å². The summed E-state index contributed by atoms with van der Waals surface area (Å²) in [5, 5.41) is 6.84. The normalized spacial score (nSPS) is 10.5. The van der Waals surface area contributed by atoms with Crippen molar-refractivity contribution < 1.29 is 0 Å². The highest BCUT2D eigenvalue weighted by Crippen LogP contribution is 2.22. The van der Waals surface area contributed by atoms with E-state index in [9.17, 15) is 0 Å². The number of anilines is 1. The Kier molecular flexibility index (Phi) is 2.46. The van der Waals surface area contributed by atoms with Crippen LogP contribution in [-0.4, -0.2) is 10.2 Å². The molecular formula is C12H15N3. The first-order chi connectivity index (χ1) is 7.20. The molecule has 0 bridgehead atoms. The van der Waals surface area contributed by atoms with Gasteiger partial charge in [0.25, 0.3) is 0 Å². The van der Waals surface area contributed by atoms with Crippen molar-refractivity contribution in [1.82, 2.24) is 10.2 Å². The van der Waals surface area contributed by atoms with Crippen molar-refractivity contribution in [3.05, 3.63) is 35.4 Å². The van der Waals surface area contributed by atoms with Crippen LogP contribution < -0.4 is 5.73 Å². The maximum absolute atomic E-state index is 5.57. The zero-order valence-electron chi connectivity index (χ0n) is 9.04. The Balaban J connectivity index is 2.45. The standard InChI is InChI=1S/C12H15N3/c1-3-9-6-10(5-4-8(9)2)11-7-12(13)15-14-11/h4-7H,3H2,1-2H3,(H3,13,14,15). The van der Waals surface area contributed by atoms with Crippen LogP contribution in [0.1, 0.15) is 18.1 Å². The van der Waals surface area contributed by atoms with Crippen molar-refractivity contribution >= 4 is 5.82 Å². The fourth-order valence-corrected chi connectivity index (χ4v) is 1.70. The topological polar surface area (TPSA) is 54.7 Å². The van der Waals surface area contributed by atoms with Gasteiger partial charge in [-0.2, -0.15) is 5.10 Å². The number of aromatic nitrogens is 2. The summed E-state index contributed by atoms with van der Waals surface area (Å²) < 4.78 is 0. The van der Waals surface area contributed by atoms with Crippen molar-refractivity contribution in [3.8, 4) is 11.3 Å². The minimum Gasteiger partial charge on any atom is -0.382 e. The molecule has 1 aromatic heterocycles. The zero-order chi connectivity index (χ0) is 10.8. The van der Waals surface area contributed by atoms with Crippen molar-refractivity contribution in [2.45, 2.75) is 20.3 Å². The molecule has 1 aromatic carbocycles. The molecule has 1 heterocycles. The molecule has 0 atom stereocenters. The van der Waals surface area contributed by atoms with E-state index in [1.165, 1.54) is 11.1 Å². The predicted octanol–water partition coefficient (Wildman–Crippen LogP) is 2.53. The predicted molar refractivity (Wildman–Crippen MR) is 62.6 cm³/mol. The van der Waals surface area contributed by atoms with Gasteiger partial charge in [0.2, 0.25) is 0 Å². The van der Waals surface area contributed by atoms with Gasteiger partial charge in [-0.1, -0.05) is 19.1 Å². The Bertz CT molecular complexity index is 471. The molecule has 78 valence electrons. The number of benzene rings is 1. The lowest BCUT2D eigenvalue weighted by molar-refractivity contribution is 1.09. The summed E-state index contributed by atoms with van der Waals surface area (Å²) in [5.41, 5.74) is 10.4. The fourth-order valence-electron chi connectivity index (χ4n) is 1.70. The summed E-state index contributed by atoms with van der Waals surface area (Å²) in [5.74, 6) is 0.531. The number of nitrogen functional groups attached to an aromatic ring is 1. The molecule has 0 fully saturated rings. The average Bonchev–Trinajstić information content (AvgIpc) is 2.66. The van der Waals surface area contributed by atoms with Crippen molar-refractivity contribution in [2.24, 2.45) is 0 Å². The number of hydrogen-bond donors (Lipinski definition) is 2. The molecule has 0 amide bonds. The molecule has 0 aliphatic heterocycles. The Hall–Kier alpha value is -1.77. The second kappa shape index (κ2) is 3.77. The van der Waals surface area contributed by atoms with Crippen molar-refractivity contribution in [1.29, 1.82) is 0 Å². The highest BCUT2D eigenvalue weighted by Gasteiger charge is 2.03. The molecular weight excluding hydrogens is 186 g/mol. The van der Waals surface area contributed by atoms with Crippen molar-refractivity contribution in [2.75, 3.05) is 5.73 Å². The molecule has 0 spiro atoms. The summed E-state index contributed by atoms with van der Waals surface area (Å²) in [4.78, 5) is 0. The highest BCUT2D eigenvalue weighted by molar-refractivity contribution is 5.63. The van der Waals surface area contributed by atoms with E-state index in [2.05, 4.69) is 42.2 Å². The van der Waals surface area contributed by atoms with Gasteiger partial charge in [-0.15, -0.1) is 0 Å². The molecule has 15 heavy (non-hydrogen) atoms. The molecule has 0 radical (unpaired) electrons. The first-order valence-corrected chi connectivity index (χ1v) is 5.11. The van der Waals surface area contributed by atoms with E-state index in [0.29, 0.717) is 5.82 Å². The summed E-state index contributed by atoms with van der Waals surface area (Å²) in [6.07, 6.45) is 1.04.